The maximum absolute atomic E-state index is 14.1. The summed E-state index contributed by atoms with van der Waals surface area (Å²) in [6.07, 6.45) is 5.37. The molecule has 0 radical (unpaired) electrons. The maximum atomic E-state index is 14.1. The summed E-state index contributed by atoms with van der Waals surface area (Å²) < 4.78 is 11.0. The number of methoxy groups -OCH3 is 2. The van der Waals surface area contributed by atoms with Crippen molar-refractivity contribution in [3.8, 4) is 5.75 Å². The summed E-state index contributed by atoms with van der Waals surface area (Å²) >= 11 is 0. The van der Waals surface area contributed by atoms with Crippen molar-refractivity contribution in [2.24, 2.45) is 5.41 Å². The fourth-order valence-corrected chi connectivity index (χ4v) is 8.04. The smallest absolute Gasteiger partial charge is 0.306 e. The summed E-state index contributed by atoms with van der Waals surface area (Å²) in [5.74, 6) is 0.657. The molecule has 0 N–H and O–H groups in total. The van der Waals surface area contributed by atoms with Crippen molar-refractivity contribution in [2.45, 2.75) is 56.0 Å². The van der Waals surface area contributed by atoms with Crippen LogP contribution >= 0.6 is 0 Å². The van der Waals surface area contributed by atoms with E-state index in [0.29, 0.717) is 12.0 Å². The highest BCUT2D eigenvalue weighted by Crippen LogP contribution is 2.66. The van der Waals surface area contributed by atoms with Gasteiger partial charge in [-0.2, -0.15) is 0 Å². The highest BCUT2D eigenvalue weighted by Gasteiger charge is 2.69. The Bertz CT molecular complexity index is 1130. The number of anilines is 1. The highest BCUT2D eigenvalue weighted by molar-refractivity contribution is 6.09. The van der Waals surface area contributed by atoms with Gasteiger partial charge < -0.3 is 14.4 Å². The number of nitrogens with zero attached hydrogens (tertiary/aromatic N) is 2. The molecule has 1 spiro atoms. The Hall–Kier alpha value is -2.86. The molecule has 2 aromatic carbocycles. The number of fused-ring (bicyclic) bond motifs is 1. The first-order chi connectivity index (χ1) is 16.6. The lowest BCUT2D eigenvalue weighted by Gasteiger charge is -2.58. The number of hydrogen-bond donors (Lipinski definition) is 0. The van der Waals surface area contributed by atoms with Crippen LogP contribution in [0.2, 0.25) is 0 Å². The van der Waals surface area contributed by atoms with E-state index in [2.05, 4.69) is 17.0 Å². The van der Waals surface area contributed by atoms with Crippen molar-refractivity contribution < 1.29 is 19.1 Å². The van der Waals surface area contributed by atoms with Gasteiger partial charge in [-0.25, -0.2) is 0 Å². The number of esters is 1. The molecule has 1 amide bonds. The van der Waals surface area contributed by atoms with Gasteiger partial charge >= 0.3 is 5.97 Å². The molecule has 2 aromatic rings. The van der Waals surface area contributed by atoms with E-state index in [1.54, 1.807) is 7.11 Å². The van der Waals surface area contributed by atoms with E-state index in [1.165, 1.54) is 12.7 Å². The highest BCUT2D eigenvalue weighted by atomic mass is 16.5. The molecule has 4 unspecified atom stereocenters. The second-order valence-corrected chi connectivity index (χ2v) is 10.4. The molecule has 178 valence electrons. The normalized spacial score (nSPS) is 31.4. The van der Waals surface area contributed by atoms with Crippen LogP contribution in [-0.2, 0) is 14.9 Å². The third-order valence-electron chi connectivity index (χ3n) is 9.11. The van der Waals surface area contributed by atoms with Gasteiger partial charge in [-0.15, -0.1) is 0 Å². The third kappa shape index (κ3) is 2.78. The number of amides is 1. The van der Waals surface area contributed by atoms with Crippen LogP contribution in [-0.4, -0.2) is 56.2 Å². The first-order valence-electron chi connectivity index (χ1n) is 12.4. The average molecular weight is 461 g/mol. The summed E-state index contributed by atoms with van der Waals surface area (Å²) in [5.41, 5.74) is 2.50. The van der Waals surface area contributed by atoms with E-state index in [1.807, 2.05) is 41.3 Å². The summed E-state index contributed by atoms with van der Waals surface area (Å²) in [5, 5.41) is 0. The molecule has 3 fully saturated rings. The quantitative estimate of drug-likeness (QED) is 0.641. The number of piperidine rings is 1. The summed E-state index contributed by atoms with van der Waals surface area (Å²) in [6, 6.07) is 16.1. The van der Waals surface area contributed by atoms with Crippen LogP contribution in [0.25, 0.3) is 0 Å². The largest absolute Gasteiger partial charge is 0.495 e. The monoisotopic (exact) mass is 460 g/mol. The standard InChI is InChI=1S/C28H32N2O4/c1-33-21-11-6-10-20-24(21)30(25(32)19-8-4-3-5-9-19)22-12-14-27(18-23(31)34-2)13-7-16-29-17-15-28(20,22)26(27)29/h3-6,8-11,22,26H,7,12-18H2,1-2H3. The van der Waals surface area contributed by atoms with Gasteiger partial charge in [0.1, 0.15) is 5.75 Å². The van der Waals surface area contributed by atoms with Crippen molar-refractivity contribution >= 4 is 17.6 Å². The number of hydrogen-bond acceptors (Lipinski definition) is 5. The molecule has 6 rings (SSSR count). The fraction of sp³-hybridized carbons (Fsp3) is 0.500. The lowest BCUT2D eigenvalue weighted by atomic mass is 9.52. The molecular formula is C28H32N2O4. The Morgan fingerprint density at radius 2 is 1.82 bits per heavy atom. The third-order valence-corrected chi connectivity index (χ3v) is 9.11. The van der Waals surface area contributed by atoms with Crippen molar-refractivity contribution in [3.63, 3.8) is 0 Å². The number of carbonyl (C=O) groups is 2. The van der Waals surface area contributed by atoms with Crippen LogP contribution in [0.5, 0.6) is 5.75 Å². The molecule has 6 heteroatoms. The van der Waals surface area contributed by atoms with Gasteiger partial charge in [0.05, 0.1) is 26.3 Å². The van der Waals surface area contributed by atoms with E-state index in [9.17, 15) is 9.59 Å². The van der Waals surface area contributed by atoms with E-state index in [-0.39, 0.29) is 34.8 Å². The first kappa shape index (κ1) is 21.7. The Kier molecular flexibility index (Phi) is 4.99. The van der Waals surface area contributed by atoms with Crippen LogP contribution in [0.4, 0.5) is 5.69 Å². The van der Waals surface area contributed by atoms with Crippen LogP contribution < -0.4 is 9.64 Å². The summed E-state index contributed by atoms with van der Waals surface area (Å²) in [4.78, 5) is 31.3. The van der Waals surface area contributed by atoms with E-state index < -0.39 is 0 Å². The Morgan fingerprint density at radius 1 is 1.00 bits per heavy atom. The van der Waals surface area contributed by atoms with Crippen molar-refractivity contribution in [1.29, 1.82) is 0 Å². The SMILES string of the molecule is COC(=O)CC12CCCN3CCC4(c5cccc(OC)c5N(C(=O)c5ccccc5)C4CC1)C32. The van der Waals surface area contributed by atoms with Crippen LogP contribution in [0.1, 0.15) is 54.4 Å². The van der Waals surface area contributed by atoms with Crippen molar-refractivity contribution in [1.82, 2.24) is 4.90 Å². The number of rotatable bonds is 4. The van der Waals surface area contributed by atoms with Gasteiger partial charge in [-0.05, 0) is 74.4 Å². The Balaban J connectivity index is 1.55. The number of carbonyl (C=O) groups excluding carboxylic acids is 2. The molecular weight excluding hydrogens is 428 g/mol. The van der Waals surface area contributed by atoms with Gasteiger partial charge in [0.2, 0.25) is 0 Å². The topological polar surface area (TPSA) is 59.1 Å². The number of ether oxygens (including phenoxy) is 2. The molecule has 1 aliphatic carbocycles. The number of benzene rings is 2. The molecule has 3 heterocycles. The van der Waals surface area contributed by atoms with E-state index in [0.717, 1.165) is 56.6 Å². The van der Waals surface area contributed by atoms with Crippen LogP contribution in [0, 0.1) is 5.41 Å². The van der Waals surface area contributed by atoms with Gasteiger partial charge in [-0.1, -0.05) is 30.3 Å². The Labute approximate surface area is 200 Å². The second kappa shape index (κ2) is 7.84. The number of para-hydroxylation sites is 1. The summed E-state index contributed by atoms with van der Waals surface area (Å²) in [7, 11) is 3.18. The zero-order valence-electron chi connectivity index (χ0n) is 20.0. The van der Waals surface area contributed by atoms with Gasteiger partial charge in [0.15, 0.2) is 0 Å². The second-order valence-electron chi connectivity index (χ2n) is 10.4. The van der Waals surface area contributed by atoms with E-state index >= 15 is 0 Å². The van der Waals surface area contributed by atoms with Gasteiger partial charge in [0.25, 0.3) is 5.91 Å². The van der Waals surface area contributed by atoms with Crippen LogP contribution in [0.3, 0.4) is 0 Å². The van der Waals surface area contributed by atoms with E-state index in [4.69, 9.17) is 9.47 Å². The van der Waals surface area contributed by atoms with Crippen LogP contribution in [0.15, 0.2) is 48.5 Å². The van der Waals surface area contributed by atoms with Crippen molar-refractivity contribution in [2.75, 3.05) is 32.2 Å². The molecule has 4 atom stereocenters. The lowest BCUT2D eigenvalue weighted by molar-refractivity contribution is -0.148. The molecule has 4 aliphatic rings. The molecule has 3 aliphatic heterocycles. The molecule has 2 saturated heterocycles. The predicted octanol–water partition coefficient (Wildman–Crippen LogP) is 4.17. The minimum Gasteiger partial charge on any atom is -0.495 e. The fourth-order valence-electron chi connectivity index (χ4n) is 8.04. The molecule has 1 saturated carbocycles. The molecule has 0 aromatic heterocycles. The maximum Gasteiger partial charge on any atom is 0.306 e. The first-order valence-corrected chi connectivity index (χ1v) is 12.4. The minimum absolute atomic E-state index is 0.0305. The van der Waals surface area contributed by atoms with Crippen molar-refractivity contribution in [3.05, 3.63) is 59.7 Å². The molecule has 6 nitrogen and oxygen atoms in total. The zero-order valence-corrected chi connectivity index (χ0v) is 20.0. The Morgan fingerprint density at radius 3 is 2.59 bits per heavy atom. The van der Waals surface area contributed by atoms with Gasteiger partial charge in [-0.3, -0.25) is 14.5 Å². The minimum atomic E-state index is -0.207. The molecule has 34 heavy (non-hydrogen) atoms. The van der Waals surface area contributed by atoms with Gasteiger partial charge in [0, 0.05) is 23.1 Å². The molecule has 0 bridgehead atoms. The zero-order chi connectivity index (χ0) is 23.5. The summed E-state index contributed by atoms with van der Waals surface area (Å²) in [6.45, 7) is 2.04. The average Bonchev–Trinajstić information content (AvgIpc) is 3.41. The predicted molar refractivity (Wildman–Crippen MR) is 129 cm³/mol. The lowest BCUT2D eigenvalue weighted by Crippen LogP contribution is -2.65.